The lowest BCUT2D eigenvalue weighted by Crippen LogP contribution is -2.25. The van der Waals surface area contributed by atoms with Crippen molar-refractivity contribution in [2.45, 2.75) is 6.10 Å². The Morgan fingerprint density at radius 1 is 1.50 bits per heavy atom. The van der Waals surface area contributed by atoms with E-state index in [2.05, 4.69) is 9.73 Å². The van der Waals surface area contributed by atoms with Crippen LogP contribution in [-0.2, 0) is 14.3 Å². The molecule has 0 bridgehead atoms. The summed E-state index contributed by atoms with van der Waals surface area (Å²) >= 11 is 0. The SMILES string of the molecule is COC(=O)C1CN=C(c2ccc(O)cc2)O1. The number of phenolic OH excluding ortho intramolecular Hbond substituents is 1. The van der Waals surface area contributed by atoms with E-state index in [1.54, 1.807) is 12.1 Å². The van der Waals surface area contributed by atoms with E-state index in [-0.39, 0.29) is 12.3 Å². The summed E-state index contributed by atoms with van der Waals surface area (Å²) in [5, 5.41) is 9.12. The fraction of sp³-hybridized carbons (Fsp3) is 0.273. The number of hydrogen-bond donors (Lipinski definition) is 1. The zero-order valence-corrected chi connectivity index (χ0v) is 8.71. The second kappa shape index (κ2) is 4.22. The number of hydrogen-bond acceptors (Lipinski definition) is 5. The van der Waals surface area contributed by atoms with Crippen LogP contribution in [0.25, 0.3) is 0 Å². The molecule has 1 aromatic carbocycles. The molecule has 1 heterocycles. The van der Waals surface area contributed by atoms with Gasteiger partial charge in [0.2, 0.25) is 12.0 Å². The molecular formula is C11H11NO4. The molecule has 0 saturated heterocycles. The third-order valence-corrected chi connectivity index (χ3v) is 2.23. The van der Waals surface area contributed by atoms with Gasteiger partial charge >= 0.3 is 5.97 Å². The zero-order valence-electron chi connectivity index (χ0n) is 8.71. The number of carbonyl (C=O) groups is 1. The first-order chi connectivity index (χ1) is 7.70. The van der Waals surface area contributed by atoms with Gasteiger partial charge in [-0.3, -0.25) is 0 Å². The number of aliphatic imine (C=N–C) groups is 1. The fourth-order valence-corrected chi connectivity index (χ4v) is 1.39. The molecule has 1 N–H and O–H groups in total. The van der Waals surface area contributed by atoms with Gasteiger partial charge in [0, 0.05) is 5.56 Å². The Kier molecular flexibility index (Phi) is 2.76. The summed E-state index contributed by atoms with van der Waals surface area (Å²) in [5.74, 6) is 0.139. The molecule has 0 aliphatic carbocycles. The van der Waals surface area contributed by atoms with Crippen molar-refractivity contribution in [1.82, 2.24) is 0 Å². The van der Waals surface area contributed by atoms with Gasteiger partial charge in [0.1, 0.15) is 5.75 Å². The molecule has 1 aliphatic heterocycles. The molecule has 0 saturated carbocycles. The summed E-state index contributed by atoms with van der Waals surface area (Å²) in [7, 11) is 1.31. The molecule has 2 rings (SSSR count). The summed E-state index contributed by atoms with van der Waals surface area (Å²) in [6.07, 6.45) is -0.659. The van der Waals surface area contributed by atoms with Crippen LogP contribution in [0.3, 0.4) is 0 Å². The lowest BCUT2D eigenvalue weighted by Gasteiger charge is -2.08. The summed E-state index contributed by atoms with van der Waals surface area (Å²) in [6.45, 7) is 0.267. The van der Waals surface area contributed by atoms with E-state index in [1.165, 1.54) is 19.2 Å². The van der Waals surface area contributed by atoms with Crippen LogP contribution >= 0.6 is 0 Å². The first-order valence-corrected chi connectivity index (χ1v) is 4.79. The Balaban J connectivity index is 2.08. The highest BCUT2D eigenvalue weighted by Gasteiger charge is 2.28. The molecule has 0 amide bonds. The number of benzene rings is 1. The summed E-state index contributed by atoms with van der Waals surface area (Å²) in [6, 6.07) is 6.42. The highest BCUT2D eigenvalue weighted by molar-refractivity contribution is 5.97. The summed E-state index contributed by atoms with van der Waals surface area (Å²) < 4.78 is 9.89. The van der Waals surface area contributed by atoms with Crippen molar-refractivity contribution in [2.24, 2.45) is 4.99 Å². The Morgan fingerprint density at radius 3 is 2.81 bits per heavy atom. The third-order valence-electron chi connectivity index (χ3n) is 2.23. The highest BCUT2D eigenvalue weighted by Crippen LogP contribution is 2.16. The Hall–Kier alpha value is -2.04. The van der Waals surface area contributed by atoms with E-state index in [0.717, 1.165) is 5.56 Å². The van der Waals surface area contributed by atoms with E-state index in [0.29, 0.717) is 5.90 Å². The predicted molar refractivity (Wildman–Crippen MR) is 56.4 cm³/mol. The van der Waals surface area contributed by atoms with Crippen LogP contribution in [0.4, 0.5) is 0 Å². The second-order valence-corrected chi connectivity index (χ2v) is 3.32. The lowest BCUT2D eigenvalue weighted by molar-refractivity contribution is -0.148. The number of rotatable bonds is 2. The Bertz CT molecular complexity index is 424. The molecule has 16 heavy (non-hydrogen) atoms. The topological polar surface area (TPSA) is 68.1 Å². The molecule has 1 unspecified atom stereocenters. The van der Waals surface area contributed by atoms with E-state index in [1.807, 2.05) is 0 Å². The maximum atomic E-state index is 11.2. The quantitative estimate of drug-likeness (QED) is 0.747. The van der Waals surface area contributed by atoms with Gasteiger partial charge in [0.05, 0.1) is 13.7 Å². The van der Waals surface area contributed by atoms with Crippen molar-refractivity contribution in [3.63, 3.8) is 0 Å². The first kappa shape index (κ1) is 10.5. The summed E-state index contributed by atoms with van der Waals surface area (Å²) in [5.41, 5.74) is 0.726. The van der Waals surface area contributed by atoms with Crippen molar-refractivity contribution in [2.75, 3.05) is 13.7 Å². The number of phenols is 1. The molecule has 84 valence electrons. The van der Waals surface area contributed by atoms with Crippen LogP contribution < -0.4 is 0 Å². The van der Waals surface area contributed by atoms with Crippen molar-refractivity contribution >= 4 is 11.9 Å². The highest BCUT2D eigenvalue weighted by atomic mass is 16.6. The smallest absolute Gasteiger partial charge is 0.349 e. The minimum atomic E-state index is -0.659. The van der Waals surface area contributed by atoms with Crippen LogP contribution in [0.5, 0.6) is 5.75 Å². The van der Waals surface area contributed by atoms with Crippen LogP contribution in [0.1, 0.15) is 5.56 Å². The van der Waals surface area contributed by atoms with Crippen LogP contribution in [0, 0.1) is 0 Å². The molecule has 0 fully saturated rings. The lowest BCUT2D eigenvalue weighted by atomic mass is 10.2. The van der Waals surface area contributed by atoms with Gasteiger partial charge in [-0.1, -0.05) is 0 Å². The van der Waals surface area contributed by atoms with Crippen molar-refractivity contribution in [3.05, 3.63) is 29.8 Å². The molecule has 1 aliphatic rings. The fourth-order valence-electron chi connectivity index (χ4n) is 1.39. The van der Waals surface area contributed by atoms with Gasteiger partial charge in [-0.05, 0) is 24.3 Å². The molecule has 5 nitrogen and oxygen atoms in total. The predicted octanol–water partition coefficient (Wildman–Crippen LogP) is 0.711. The first-order valence-electron chi connectivity index (χ1n) is 4.79. The molecule has 1 atom stereocenters. The molecule has 5 heteroatoms. The van der Waals surface area contributed by atoms with Crippen LogP contribution in [0.15, 0.2) is 29.3 Å². The Morgan fingerprint density at radius 2 is 2.19 bits per heavy atom. The molecular weight excluding hydrogens is 210 g/mol. The Labute approximate surface area is 92.3 Å². The molecule has 0 radical (unpaired) electrons. The van der Waals surface area contributed by atoms with Gasteiger partial charge in [-0.15, -0.1) is 0 Å². The van der Waals surface area contributed by atoms with Crippen molar-refractivity contribution < 1.29 is 19.4 Å². The molecule has 1 aromatic rings. The maximum Gasteiger partial charge on any atom is 0.349 e. The van der Waals surface area contributed by atoms with Crippen molar-refractivity contribution in [1.29, 1.82) is 0 Å². The van der Waals surface area contributed by atoms with E-state index in [4.69, 9.17) is 9.84 Å². The minimum Gasteiger partial charge on any atom is -0.508 e. The third kappa shape index (κ3) is 1.98. The van der Waals surface area contributed by atoms with E-state index < -0.39 is 12.1 Å². The van der Waals surface area contributed by atoms with E-state index >= 15 is 0 Å². The number of esters is 1. The normalized spacial score (nSPS) is 18.8. The number of aromatic hydroxyl groups is 1. The standard InChI is InChI=1S/C11H11NO4/c1-15-11(14)9-6-12-10(16-9)7-2-4-8(13)5-3-7/h2-5,9,13H,6H2,1H3. The van der Waals surface area contributed by atoms with Gasteiger partial charge in [-0.2, -0.15) is 0 Å². The molecule has 0 aromatic heterocycles. The number of nitrogens with zero attached hydrogens (tertiary/aromatic N) is 1. The van der Waals surface area contributed by atoms with Gasteiger partial charge in [-0.25, -0.2) is 9.79 Å². The monoisotopic (exact) mass is 221 g/mol. The second-order valence-electron chi connectivity index (χ2n) is 3.32. The van der Waals surface area contributed by atoms with Gasteiger partial charge < -0.3 is 14.6 Å². The summed E-state index contributed by atoms with van der Waals surface area (Å²) in [4.78, 5) is 15.3. The van der Waals surface area contributed by atoms with Gasteiger partial charge in [0.15, 0.2) is 0 Å². The van der Waals surface area contributed by atoms with Crippen LogP contribution in [0.2, 0.25) is 0 Å². The number of ether oxygens (including phenoxy) is 2. The van der Waals surface area contributed by atoms with Crippen LogP contribution in [-0.4, -0.2) is 36.7 Å². The average Bonchev–Trinajstić information content (AvgIpc) is 2.78. The maximum absolute atomic E-state index is 11.2. The average molecular weight is 221 g/mol. The number of methoxy groups -OCH3 is 1. The van der Waals surface area contributed by atoms with E-state index in [9.17, 15) is 4.79 Å². The zero-order chi connectivity index (χ0) is 11.5. The molecule has 0 spiro atoms. The van der Waals surface area contributed by atoms with Crippen molar-refractivity contribution in [3.8, 4) is 5.75 Å². The van der Waals surface area contributed by atoms with Gasteiger partial charge in [0.25, 0.3) is 0 Å². The number of carbonyl (C=O) groups excluding carboxylic acids is 1. The largest absolute Gasteiger partial charge is 0.508 e. The minimum absolute atomic E-state index is 0.173.